The molecule has 108 valence electrons. The predicted octanol–water partition coefficient (Wildman–Crippen LogP) is 2.97. The molecular weight excluding hydrogens is 238 g/mol. The quantitative estimate of drug-likeness (QED) is 0.721. The molecule has 3 nitrogen and oxygen atoms in total. The van der Waals surface area contributed by atoms with Crippen LogP contribution in [0.25, 0.3) is 0 Å². The van der Waals surface area contributed by atoms with Crippen molar-refractivity contribution in [1.82, 2.24) is 5.32 Å². The number of aliphatic hydroxyl groups excluding tert-OH is 1. The number of nitrogens with one attached hydrogen (secondary N) is 1. The lowest BCUT2D eigenvalue weighted by atomic mass is 9.83. The molecule has 1 rings (SSSR count). The van der Waals surface area contributed by atoms with Gasteiger partial charge in [0, 0.05) is 25.1 Å². The van der Waals surface area contributed by atoms with Crippen LogP contribution < -0.4 is 10.1 Å². The van der Waals surface area contributed by atoms with E-state index in [9.17, 15) is 5.11 Å². The number of hydrogen-bond acceptors (Lipinski definition) is 3. The Morgan fingerprint density at radius 2 is 1.74 bits per heavy atom. The number of hydrogen-bond donors (Lipinski definition) is 2. The average molecular weight is 265 g/mol. The molecule has 19 heavy (non-hydrogen) atoms. The standard InChI is InChI=1S/C16H27NO2/c1-4-16(5-2,13-18)12-17-11-14-7-9-15(10-8-14)19-6-3/h7-10,17-18H,4-6,11-13H2,1-3H3. The van der Waals surface area contributed by atoms with Crippen LogP contribution in [0.1, 0.15) is 39.2 Å². The van der Waals surface area contributed by atoms with Crippen LogP contribution in [0.3, 0.4) is 0 Å². The van der Waals surface area contributed by atoms with Crippen LogP contribution in [0.4, 0.5) is 0 Å². The van der Waals surface area contributed by atoms with Gasteiger partial charge in [-0.3, -0.25) is 0 Å². The predicted molar refractivity (Wildman–Crippen MR) is 79.4 cm³/mol. The molecule has 0 spiro atoms. The van der Waals surface area contributed by atoms with Crippen LogP contribution in [-0.4, -0.2) is 24.9 Å². The first-order chi connectivity index (χ1) is 9.19. The van der Waals surface area contributed by atoms with Gasteiger partial charge in [-0.05, 0) is 37.5 Å². The molecule has 0 fully saturated rings. The molecule has 0 amide bonds. The van der Waals surface area contributed by atoms with Gasteiger partial charge in [-0.15, -0.1) is 0 Å². The molecular formula is C16H27NO2. The van der Waals surface area contributed by atoms with Crippen molar-refractivity contribution in [2.24, 2.45) is 5.41 Å². The van der Waals surface area contributed by atoms with Crippen molar-refractivity contribution in [3.05, 3.63) is 29.8 Å². The normalized spacial score (nSPS) is 11.6. The Labute approximate surface area is 117 Å². The van der Waals surface area contributed by atoms with Crippen LogP contribution in [0, 0.1) is 5.41 Å². The fourth-order valence-electron chi connectivity index (χ4n) is 2.12. The van der Waals surface area contributed by atoms with Gasteiger partial charge in [0.25, 0.3) is 0 Å². The molecule has 0 saturated heterocycles. The van der Waals surface area contributed by atoms with Crippen LogP contribution in [0.5, 0.6) is 5.75 Å². The van der Waals surface area contributed by atoms with Crippen molar-refractivity contribution in [3.63, 3.8) is 0 Å². The van der Waals surface area contributed by atoms with Crippen LogP contribution >= 0.6 is 0 Å². The highest BCUT2D eigenvalue weighted by molar-refractivity contribution is 5.27. The van der Waals surface area contributed by atoms with Gasteiger partial charge in [0.05, 0.1) is 6.61 Å². The van der Waals surface area contributed by atoms with E-state index in [-0.39, 0.29) is 12.0 Å². The SMILES string of the molecule is CCOc1ccc(CNCC(CC)(CC)CO)cc1. The highest BCUT2D eigenvalue weighted by atomic mass is 16.5. The second kappa shape index (κ2) is 8.18. The minimum Gasteiger partial charge on any atom is -0.494 e. The van der Waals surface area contributed by atoms with Crippen molar-refractivity contribution < 1.29 is 9.84 Å². The Bertz CT molecular complexity index is 336. The Morgan fingerprint density at radius 1 is 1.11 bits per heavy atom. The lowest BCUT2D eigenvalue weighted by Crippen LogP contribution is -2.36. The highest BCUT2D eigenvalue weighted by Crippen LogP contribution is 2.24. The van der Waals surface area contributed by atoms with Crippen LogP contribution in [0.15, 0.2) is 24.3 Å². The van der Waals surface area contributed by atoms with Gasteiger partial charge < -0.3 is 15.2 Å². The van der Waals surface area contributed by atoms with Gasteiger partial charge in [0.15, 0.2) is 0 Å². The van der Waals surface area contributed by atoms with Crippen LogP contribution in [-0.2, 0) is 6.54 Å². The third kappa shape index (κ3) is 4.84. The molecule has 0 heterocycles. The summed E-state index contributed by atoms with van der Waals surface area (Å²) in [6.45, 7) is 8.88. The first-order valence-electron chi connectivity index (χ1n) is 7.23. The monoisotopic (exact) mass is 265 g/mol. The molecule has 0 atom stereocenters. The molecule has 0 unspecified atom stereocenters. The molecule has 0 aromatic heterocycles. The average Bonchev–Trinajstić information content (AvgIpc) is 2.46. The molecule has 3 heteroatoms. The highest BCUT2D eigenvalue weighted by Gasteiger charge is 2.24. The van der Waals surface area contributed by atoms with E-state index in [1.54, 1.807) is 0 Å². The summed E-state index contributed by atoms with van der Waals surface area (Å²) in [5, 5.41) is 13.0. The third-order valence-electron chi connectivity index (χ3n) is 3.90. The van der Waals surface area contributed by atoms with E-state index in [2.05, 4.69) is 31.3 Å². The third-order valence-corrected chi connectivity index (χ3v) is 3.90. The number of ether oxygens (including phenoxy) is 1. The molecule has 0 aliphatic rings. The maximum atomic E-state index is 9.51. The second-order valence-corrected chi connectivity index (χ2v) is 5.05. The summed E-state index contributed by atoms with van der Waals surface area (Å²) in [6.07, 6.45) is 1.99. The maximum Gasteiger partial charge on any atom is 0.119 e. The molecule has 0 aliphatic heterocycles. The topological polar surface area (TPSA) is 41.5 Å². The lowest BCUT2D eigenvalue weighted by Gasteiger charge is -2.29. The second-order valence-electron chi connectivity index (χ2n) is 5.05. The zero-order valence-electron chi connectivity index (χ0n) is 12.4. The molecule has 1 aromatic rings. The van der Waals surface area contributed by atoms with Gasteiger partial charge in [-0.25, -0.2) is 0 Å². The van der Waals surface area contributed by atoms with Gasteiger partial charge in [0.2, 0.25) is 0 Å². The molecule has 0 radical (unpaired) electrons. The number of rotatable bonds is 9. The van der Waals surface area contributed by atoms with Crippen molar-refractivity contribution in [2.45, 2.75) is 40.2 Å². The fraction of sp³-hybridized carbons (Fsp3) is 0.625. The first kappa shape index (κ1) is 16.0. The molecule has 0 saturated carbocycles. The Kier molecular flexibility index (Phi) is 6.89. The minimum atomic E-state index is 0.0191. The molecule has 1 aromatic carbocycles. The number of benzene rings is 1. The summed E-state index contributed by atoms with van der Waals surface area (Å²) in [5.74, 6) is 0.915. The van der Waals surface area contributed by atoms with Crippen molar-refractivity contribution in [3.8, 4) is 5.75 Å². The van der Waals surface area contributed by atoms with Crippen molar-refractivity contribution in [1.29, 1.82) is 0 Å². The summed E-state index contributed by atoms with van der Waals surface area (Å²) in [5.41, 5.74) is 1.26. The smallest absolute Gasteiger partial charge is 0.119 e. The van der Waals surface area contributed by atoms with E-state index < -0.39 is 0 Å². The largest absolute Gasteiger partial charge is 0.494 e. The summed E-state index contributed by atoms with van der Waals surface area (Å²) in [6, 6.07) is 8.16. The van der Waals surface area contributed by atoms with E-state index >= 15 is 0 Å². The summed E-state index contributed by atoms with van der Waals surface area (Å²) in [7, 11) is 0. The van der Waals surface area contributed by atoms with Crippen molar-refractivity contribution in [2.75, 3.05) is 19.8 Å². The Morgan fingerprint density at radius 3 is 2.21 bits per heavy atom. The summed E-state index contributed by atoms with van der Waals surface area (Å²) < 4.78 is 5.42. The maximum absolute atomic E-state index is 9.51. The number of aliphatic hydroxyl groups is 1. The zero-order valence-corrected chi connectivity index (χ0v) is 12.4. The summed E-state index contributed by atoms with van der Waals surface area (Å²) in [4.78, 5) is 0. The zero-order chi connectivity index (χ0) is 14.1. The van der Waals surface area contributed by atoms with Gasteiger partial charge in [-0.2, -0.15) is 0 Å². The van der Waals surface area contributed by atoms with E-state index in [0.717, 1.165) is 31.7 Å². The fourth-order valence-corrected chi connectivity index (χ4v) is 2.12. The lowest BCUT2D eigenvalue weighted by molar-refractivity contribution is 0.113. The van der Waals surface area contributed by atoms with Gasteiger partial charge >= 0.3 is 0 Å². The molecule has 2 N–H and O–H groups in total. The Balaban J connectivity index is 2.44. The minimum absolute atomic E-state index is 0.0191. The van der Waals surface area contributed by atoms with Gasteiger partial charge in [0.1, 0.15) is 5.75 Å². The molecule has 0 bridgehead atoms. The van der Waals surface area contributed by atoms with E-state index in [0.29, 0.717) is 6.61 Å². The Hall–Kier alpha value is -1.06. The van der Waals surface area contributed by atoms with Crippen molar-refractivity contribution >= 4 is 0 Å². The van der Waals surface area contributed by atoms with Crippen LogP contribution in [0.2, 0.25) is 0 Å². The van der Waals surface area contributed by atoms with Gasteiger partial charge in [-0.1, -0.05) is 26.0 Å². The van der Waals surface area contributed by atoms with E-state index in [1.165, 1.54) is 5.56 Å². The first-order valence-corrected chi connectivity index (χ1v) is 7.23. The van der Waals surface area contributed by atoms with E-state index in [4.69, 9.17) is 4.74 Å². The molecule has 0 aliphatic carbocycles. The van der Waals surface area contributed by atoms with E-state index in [1.807, 2.05) is 19.1 Å². The summed E-state index contributed by atoms with van der Waals surface area (Å²) >= 11 is 0.